The van der Waals surface area contributed by atoms with Crippen LogP contribution < -0.4 is 20.1 Å². The molecule has 2 atom stereocenters. The molecule has 1 heterocycles. The topological polar surface area (TPSA) is 47.7 Å². The van der Waals surface area contributed by atoms with Gasteiger partial charge < -0.3 is 20.1 Å². The van der Waals surface area contributed by atoms with Crippen LogP contribution in [0.15, 0.2) is 18.2 Å². The Balaban J connectivity index is 0.00000242. The average molecular weight is 329 g/mol. The average Bonchev–Trinajstić information content (AvgIpc) is 2.53. The number of hydrogen-bond donors (Lipinski definition) is 1. The van der Waals surface area contributed by atoms with Gasteiger partial charge in [-0.3, -0.25) is 0 Å². The molecule has 0 unspecified atom stereocenters. The van der Waals surface area contributed by atoms with Gasteiger partial charge >= 0.3 is 0 Å². The maximum Gasteiger partial charge on any atom is 0.162 e. The maximum atomic E-state index is 6.29. The summed E-state index contributed by atoms with van der Waals surface area (Å²) in [6.45, 7) is 4.29. The van der Waals surface area contributed by atoms with E-state index in [0.29, 0.717) is 12.0 Å². The second kappa shape index (κ2) is 9.11. The monoisotopic (exact) mass is 328 g/mol. The Morgan fingerprint density at radius 2 is 1.95 bits per heavy atom. The number of anilines is 1. The van der Waals surface area contributed by atoms with Crippen LogP contribution in [0.5, 0.6) is 11.5 Å². The van der Waals surface area contributed by atoms with Gasteiger partial charge in [0.15, 0.2) is 11.5 Å². The maximum absolute atomic E-state index is 6.29. The predicted octanol–water partition coefficient (Wildman–Crippen LogP) is 3.47. The normalized spacial score (nSPS) is 21.2. The van der Waals surface area contributed by atoms with Crippen LogP contribution >= 0.6 is 12.4 Å². The molecule has 1 aliphatic heterocycles. The smallest absolute Gasteiger partial charge is 0.162 e. The Hall–Kier alpha value is -1.13. The molecule has 0 bridgehead atoms. The van der Waals surface area contributed by atoms with Crippen LogP contribution in [0.25, 0.3) is 0 Å². The molecule has 1 aromatic carbocycles. The van der Waals surface area contributed by atoms with E-state index < -0.39 is 0 Å². The number of nitrogens with two attached hydrogens (primary N) is 1. The summed E-state index contributed by atoms with van der Waals surface area (Å²) in [4.78, 5) is 2.42. The summed E-state index contributed by atoms with van der Waals surface area (Å²) in [7, 11) is 3.34. The summed E-state index contributed by atoms with van der Waals surface area (Å²) in [5.41, 5.74) is 7.49. The zero-order valence-corrected chi connectivity index (χ0v) is 14.7. The van der Waals surface area contributed by atoms with Crippen molar-refractivity contribution in [3.63, 3.8) is 0 Å². The second-order valence-electron chi connectivity index (χ2n) is 5.84. The summed E-state index contributed by atoms with van der Waals surface area (Å²) in [6, 6.07) is 6.48. The number of unbranched alkanes of at least 4 members (excludes halogenated alkanes) is 1. The van der Waals surface area contributed by atoms with E-state index in [0.717, 1.165) is 31.0 Å². The lowest BCUT2D eigenvalue weighted by atomic mass is 9.88. The van der Waals surface area contributed by atoms with Gasteiger partial charge in [-0.25, -0.2) is 0 Å². The highest BCUT2D eigenvalue weighted by molar-refractivity contribution is 5.85. The fourth-order valence-electron chi connectivity index (χ4n) is 3.08. The van der Waals surface area contributed by atoms with Gasteiger partial charge in [-0.1, -0.05) is 19.8 Å². The summed E-state index contributed by atoms with van der Waals surface area (Å²) < 4.78 is 10.7. The molecule has 0 radical (unpaired) electrons. The van der Waals surface area contributed by atoms with Crippen molar-refractivity contribution in [3.05, 3.63) is 18.2 Å². The van der Waals surface area contributed by atoms with E-state index in [1.807, 2.05) is 6.07 Å². The number of rotatable bonds is 6. The van der Waals surface area contributed by atoms with E-state index in [-0.39, 0.29) is 12.4 Å². The van der Waals surface area contributed by atoms with E-state index >= 15 is 0 Å². The molecule has 0 spiro atoms. The first kappa shape index (κ1) is 18.9. The van der Waals surface area contributed by atoms with Crippen molar-refractivity contribution < 1.29 is 9.47 Å². The number of hydrogen-bond acceptors (Lipinski definition) is 4. The van der Waals surface area contributed by atoms with Crippen molar-refractivity contribution in [2.75, 3.05) is 32.2 Å². The van der Waals surface area contributed by atoms with Crippen LogP contribution in [0.4, 0.5) is 5.69 Å². The number of halogens is 1. The Morgan fingerprint density at radius 3 is 2.59 bits per heavy atom. The van der Waals surface area contributed by atoms with Crippen molar-refractivity contribution in [3.8, 4) is 11.5 Å². The molecule has 4 nitrogen and oxygen atoms in total. The molecule has 2 N–H and O–H groups in total. The minimum absolute atomic E-state index is 0. The number of benzene rings is 1. The first-order chi connectivity index (χ1) is 10.2. The largest absolute Gasteiger partial charge is 0.493 e. The lowest BCUT2D eigenvalue weighted by Crippen LogP contribution is -2.47. The molecule has 0 saturated carbocycles. The van der Waals surface area contributed by atoms with Gasteiger partial charge in [0.25, 0.3) is 0 Å². The fourth-order valence-corrected chi connectivity index (χ4v) is 3.08. The second-order valence-corrected chi connectivity index (χ2v) is 5.84. The molecular formula is C17H29ClN2O2. The zero-order valence-electron chi connectivity index (χ0n) is 13.9. The number of nitrogens with zero attached hydrogens (tertiary/aromatic N) is 1. The van der Waals surface area contributed by atoms with Crippen LogP contribution in [-0.4, -0.2) is 33.4 Å². The number of methoxy groups -OCH3 is 2. The SMILES string of the molecule is CCCC[C@H]1CN(c2ccc(OC)c(OC)c2)CC[C@H]1N.Cl. The van der Waals surface area contributed by atoms with Gasteiger partial charge in [-0.05, 0) is 30.9 Å². The molecule has 1 aliphatic rings. The summed E-state index contributed by atoms with van der Waals surface area (Å²) in [6.07, 6.45) is 4.78. The standard InChI is InChI=1S/C17H28N2O2.ClH/c1-4-5-6-13-12-19(10-9-15(13)18)14-7-8-16(20-2)17(11-14)21-3;/h7-8,11,13,15H,4-6,9-10,12,18H2,1-3H3;1H/t13-,15+;/m0./s1. The molecule has 2 rings (SSSR count). The number of piperidine rings is 1. The van der Waals surface area contributed by atoms with Gasteiger partial charge in [0.2, 0.25) is 0 Å². The van der Waals surface area contributed by atoms with E-state index in [9.17, 15) is 0 Å². The van der Waals surface area contributed by atoms with Crippen LogP contribution in [0.2, 0.25) is 0 Å². The fraction of sp³-hybridized carbons (Fsp3) is 0.647. The minimum Gasteiger partial charge on any atom is -0.493 e. The van der Waals surface area contributed by atoms with Crippen LogP contribution in [-0.2, 0) is 0 Å². The Labute approximate surface area is 140 Å². The molecule has 22 heavy (non-hydrogen) atoms. The van der Waals surface area contributed by atoms with Gasteiger partial charge in [0.05, 0.1) is 14.2 Å². The lowest BCUT2D eigenvalue weighted by molar-refractivity contribution is 0.329. The highest BCUT2D eigenvalue weighted by Gasteiger charge is 2.26. The Bertz CT molecular complexity index is 456. The van der Waals surface area contributed by atoms with Gasteiger partial charge in [0.1, 0.15) is 0 Å². The van der Waals surface area contributed by atoms with E-state index in [4.69, 9.17) is 15.2 Å². The first-order valence-corrected chi connectivity index (χ1v) is 7.92. The third-order valence-electron chi connectivity index (χ3n) is 4.45. The third kappa shape index (κ3) is 4.43. The quantitative estimate of drug-likeness (QED) is 0.868. The van der Waals surface area contributed by atoms with Crippen molar-refractivity contribution in [2.45, 2.75) is 38.6 Å². The van der Waals surface area contributed by atoms with Crippen molar-refractivity contribution in [1.29, 1.82) is 0 Å². The summed E-state index contributed by atoms with van der Waals surface area (Å²) in [5.74, 6) is 2.15. The lowest BCUT2D eigenvalue weighted by Gasteiger charge is -2.38. The highest BCUT2D eigenvalue weighted by atomic mass is 35.5. The highest BCUT2D eigenvalue weighted by Crippen LogP contribution is 2.33. The van der Waals surface area contributed by atoms with Crippen LogP contribution in [0.3, 0.4) is 0 Å². The summed E-state index contributed by atoms with van der Waals surface area (Å²) >= 11 is 0. The van der Waals surface area contributed by atoms with Crippen molar-refractivity contribution in [1.82, 2.24) is 0 Å². The van der Waals surface area contributed by atoms with Gasteiger partial charge in [0, 0.05) is 30.9 Å². The minimum atomic E-state index is 0. The van der Waals surface area contributed by atoms with Crippen molar-refractivity contribution in [2.24, 2.45) is 11.7 Å². The molecular weight excluding hydrogens is 300 g/mol. The molecule has 1 fully saturated rings. The molecule has 126 valence electrons. The van der Waals surface area contributed by atoms with Crippen molar-refractivity contribution >= 4 is 18.1 Å². The molecule has 0 aliphatic carbocycles. The molecule has 0 aromatic heterocycles. The van der Waals surface area contributed by atoms with E-state index in [1.165, 1.54) is 24.9 Å². The van der Waals surface area contributed by atoms with Crippen LogP contribution in [0, 0.1) is 5.92 Å². The zero-order chi connectivity index (χ0) is 15.2. The summed E-state index contributed by atoms with van der Waals surface area (Å²) in [5, 5.41) is 0. The molecule has 1 aromatic rings. The van der Waals surface area contributed by atoms with Gasteiger partial charge in [-0.2, -0.15) is 0 Å². The van der Waals surface area contributed by atoms with Gasteiger partial charge in [-0.15, -0.1) is 12.4 Å². The molecule has 1 saturated heterocycles. The first-order valence-electron chi connectivity index (χ1n) is 7.92. The number of ether oxygens (including phenoxy) is 2. The van der Waals surface area contributed by atoms with E-state index in [1.54, 1.807) is 14.2 Å². The molecule has 5 heteroatoms. The van der Waals surface area contributed by atoms with E-state index in [2.05, 4.69) is 24.0 Å². The Kier molecular flexibility index (Phi) is 7.83. The van der Waals surface area contributed by atoms with Crippen LogP contribution in [0.1, 0.15) is 32.6 Å². The molecule has 0 amide bonds. The Morgan fingerprint density at radius 1 is 1.23 bits per heavy atom. The third-order valence-corrected chi connectivity index (χ3v) is 4.45. The predicted molar refractivity (Wildman–Crippen MR) is 94.6 cm³/mol.